The molecule has 1 aromatic rings. The van der Waals surface area contributed by atoms with Gasteiger partial charge in [-0.2, -0.15) is 0 Å². The number of carbonyl (C=O) groups excluding carboxylic acids is 2. The number of nitro benzene ring substituents is 1. The second-order valence-electron chi connectivity index (χ2n) is 6.92. The number of methoxy groups -OCH3 is 1. The third-order valence-electron chi connectivity index (χ3n) is 5.06. The minimum atomic E-state index is -3.90. The molecule has 178 valence electrons. The van der Waals surface area contributed by atoms with Gasteiger partial charge in [0, 0.05) is 57.9 Å². The highest BCUT2D eigenvalue weighted by Gasteiger charge is 2.67. The summed E-state index contributed by atoms with van der Waals surface area (Å²) in [5.41, 5.74) is -0.754. The van der Waals surface area contributed by atoms with Gasteiger partial charge in [0.25, 0.3) is 17.3 Å². The monoisotopic (exact) mass is 499 g/mol. The lowest BCUT2D eigenvalue weighted by atomic mass is 10.0. The van der Waals surface area contributed by atoms with Crippen molar-refractivity contribution in [3.8, 4) is 0 Å². The van der Waals surface area contributed by atoms with Crippen molar-refractivity contribution in [2.24, 2.45) is 4.99 Å². The van der Waals surface area contributed by atoms with Crippen LogP contribution in [0.25, 0.3) is 0 Å². The Morgan fingerprint density at radius 2 is 1.97 bits per heavy atom. The molecule has 1 aromatic carbocycles. The van der Waals surface area contributed by atoms with Gasteiger partial charge in [0.2, 0.25) is 0 Å². The maximum absolute atomic E-state index is 13.3. The number of nitrogens with zero attached hydrogens (tertiary/aromatic N) is 3. The van der Waals surface area contributed by atoms with Crippen molar-refractivity contribution in [3.63, 3.8) is 0 Å². The number of esters is 1. The summed E-state index contributed by atoms with van der Waals surface area (Å²) in [6.45, 7) is 1.06. The minimum absolute atomic E-state index is 0.000658. The van der Waals surface area contributed by atoms with Crippen molar-refractivity contribution >= 4 is 43.1 Å². The second kappa shape index (κ2) is 9.74. The van der Waals surface area contributed by atoms with Gasteiger partial charge in [-0.15, -0.1) is 11.8 Å². The van der Waals surface area contributed by atoms with Crippen LogP contribution in [0.5, 0.6) is 0 Å². The molecular weight excluding hydrogens is 477 g/mol. The van der Waals surface area contributed by atoms with Crippen LogP contribution in [0.4, 0.5) is 5.69 Å². The Balaban J connectivity index is 1.96. The molecule has 2 heterocycles. The molecule has 0 unspecified atom stereocenters. The number of β-lactam (4-membered cyclic amide) rings is 1. The van der Waals surface area contributed by atoms with Crippen LogP contribution in [0.3, 0.4) is 0 Å². The Hall–Kier alpha value is -2.57. The molecule has 12 nitrogen and oxygen atoms in total. The van der Waals surface area contributed by atoms with Gasteiger partial charge in [-0.05, 0) is 17.7 Å². The van der Waals surface area contributed by atoms with Crippen LogP contribution in [0.1, 0.15) is 12.5 Å². The summed E-state index contributed by atoms with van der Waals surface area (Å²) in [6, 6.07) is 5.63. The van der Waals surface area contributed by atoms with Crippen molar-refractivity contribution < 1.29 is 37.6 Å². The van der Waals surface area contributed by atoms with E-state index in [0.717, 1.165) is 0 Å². The fourth-order valence-electron chi connectivity index (χ4n) is 3.38. The predicted molar refractivity (Wildman–Crippen MR) is 119 cm³/mol. The zero-order chi connectivity index (χ0) is 24.4. The average Bonchev–Trinajstić information content (AvgIpc) is 2.82. The minimum Gasteiger partial charge on any atom is -0.461 e. The highest BCUT2D eigenvalue weighted by atomic mass is 32.2. The van der Waals surface area contributed by atoms with Gasteiger partial charge in [-0.1, -0.05) is 0 Å². The molecular formula is C19H22N3O9PS. The molecule has 2 aliphatic rings. The van der Waals surface area contributed by atoms with E-state index in [1.54, 1.807) is 0 Å². The number of carbonyl (C=O) groups is 2. The number of hydrogen-bond donors (Lipinski definition) is 0. The van der Waals surface area contributed by atoms with E-state index < -0.39 is 35.5 Å². The Labute approximate surface area is 193 Å². The van der Waals surface area contributed by atoms with Crippen LogP contribution in [-0.2, 0) is 32.7 Å². The highest BCUT2D eigenvalue weighted by Crippen LogP contribution is 2.63. The maximum atomic E-state index is 13.3. The van der Waals surface area contributed by atoms with E-state index in [2.05, 4.69) is 4.99 Å². The summed E-state index contributed by atoms with van der Waals surface area (Å²) in [4.78, 5) is 40.5. The van der Waals surface area contributed by atoms with Crippen LogP contribution in [0.2, 0.25) is 0 Å². The molecule has 0 bridgehead atoms. The van der Waals surface area contributed by atoms with Gasteiger partial charge in [0.05, 0.1) is 4.92 Å². The van der Waals surface area contributed by atoms with E-state index >= 15 is 0 Å². The lowest BCUT2D eigenvalue weighted by molar-refractivity contribution is -0.384. The summed E-state index contributed by atoms with van der Waals surface area (Å²) in [6.07, 6.45) is 1.38. The molecule has 3 rings (SSSR count). The first-order chi connectivity index (χ1) is 15.6. The Bertz CT molecular complexity index is 1070. The van der Waals surface area contributed by atoms with E-state index in [1.807, 2.05) is 0 Å². The van der Waals surface area contributed by atoms with Crippen LogP contribution < -0.4 is 0 Å². The largest absolute Gasteiger partial charge is 0.461 e. The molecule has 1 amide bonds. The topological polar surface area (TPSA) is 147 Å². The number of amides is 1. The van der Waals surface area contributed by atoms with Crippen molar-refractivity contribution in [3.05, 3.63) is 51.0 Å². The molecule has 0 N–H and O–H groups in total. The van der Waals surface area contributed by atoms with Crippen LogP contribution in [0, 0.1) is 10.1 Å². The van der Waals surface area contributed by atoms with E-state index in [1.165, 1.54) is 75.4 Å². The van der Waals surface area contributed by atoms with Gasteiger partial charge in [-0.3, -0.25) is 29.2 Å². The maximum Gasteiger partial charge on any atom is 0.377 e. The number of fused-ring (bicyclic) bond motifs is 1. The van der Waals surface area contributed by atoms with Crippen LogP contribution in [-0.4, -0.2) is 72.7 Å². The summed E-state index contributed by atoms with van der Waals surface area (Å²) < 4.78 is 34.1. The van der Waals surface area contributed by atoms with Crippen LogP contribution >= 0.6 is 19.4 Å². The Kier molecular flexibility index (Phi) is 7.39. The van der Waals surface area contributed by atoms with Crippen molar-refractivity contribution in [1.29, 1.82) is 0 Å². The molecule has 0 saturated carbocycles. The lowest BCUT2D eigenvalue weighted by Crippen LogP contribution is -2.73. The van der Waals surface area contributed by atoms with E-state index in [9.17, 15) is 24.3 Å². The molecule has 1 fully saturated rings. The van der Waals surface area contributed by atoms with Gasteiger partial charge < -0.3 is 18.5 Å². The number of rotatable bonds is 9. The lowest BCUT2D eigenvalue weighted by Gasteiger charge is -2.54. The highest BCUT2D eigenvalue weighted by molar-refractivity contribution is 8.00. The molecule has 0 spiro atoms. The van der Waals surface area contributed by atoms with Gasteiger partial charge >= 0.3 is 13.6 Å². The quantitative estimate of drug-likeness (QED) is 0.124. The van der Waals surface area contributed by atoms with Gasteiger partial charge in [0.15, 0.2) is 0 Å². The number of aliphatic imine (C=N–C) groups is 1. The number of nitro groups is 1. The number of thioether (sulfide) groups is 1. The molecule has 14 heteroatoms. The molecule has 2 aliphatic heterocycles. The van der Waals surface area contributed by atoms with E-state index in [-0.39, 0.29) is 23.5 Å². The molecule has 0 radical (unpaired) electrons. The fraction of sp³-hybridized carbons (Fsp3) is 0.421. The first-order valence-corrected chi connectivity index (χ1v) is 12.1. The third-order valence-corrected chi connectivity index (χ3v) is 8.44. The number of benzene rings is 1. The Morgan fingerprint density at radius 1 is 1.33 bits per heavy atom. The summed E-state index contributed by atoms with van der Waals surface area (Å²) in [7, 11) is -0.191. The molecule has 33 heavy (non-hydrogen) atoms. The molecule has 1 saturated heterocycles. The molecule has 0 aromatic heterocycles. The zero-order valence-electron chi connectivity index (χ0n) is 18.2. The molecule has 0 aliphatic carbocycles. The standard InChI is InChI=1S/C19H22N3O9PS/c1-12(23)31-10-14-11-33-18-19(28-2,17(24)21(18)16(14)32(27,29-3)30-4)20-9-13-5-7-15(8-6-13)22(25)26/h5-9,18H,10-11H2,1-4H3/t18-,19+/m1/s1. The zero-order valence-corrected chi connectivity index (χ0v) is 20.0. The SMILES string of the molecule is CO[C@@]1(N=Cc2ccc([N+](=O)[O-])cc2)C(=O)N2C(P(=O)(OC)OC)=C(COC(C)=O)CS[C@@H]21. The Morgan fingerprint density at radius 3 is 2.48 bits per heavy atom. The van der Waals surface area contributed by atoms with Crippen molar-refractivity contribution in [2.75, 3.05) is 33.7 Å². The summed E-state index contributed by atoms with van der Waals surface area (Å²) in [5.74, 6) is -0.885. The average molecular weight is 499 g/mol. The number of non-ortho nitro benzene ring substituents is 1. The first kappa shape index (κ1) is 25.1. The summed E-state index contributed by atoms with van der Waals surface area (Å²) >= 11 is 1.29. The van der Waals surface area contributed by atoms with E-state index in [4.69, 9.17) is 18.5 Å². The third kappa shape index (κ3) is 4.46. The predicted octanol–water partition coefficient (Wildman–Crippen LogP) is 2.53. The smallest absolute Gasteiger partial charge is 0.377 e. The van der Waals surface area contributed by atoms with Crippen molar-refractivity contribution in [2.45, 2.75) is 18.0 Å². The van der Waals surface area contributed by atoms with Crippen molar-refractivity contribution in [1.82, 2.24) is 4.90 Å². The van der Waals surface area contributed by atoms with Gasteiger partial charge in [-0.25, -0.2) is 4.99 Å². The number of ether oxygens (including phenoxy) is 2. The van der Waals surface area contributed by atoms with Crippen LogP contribution in [0.15, 0.2) is 40.3 Å². The van der Waals surface area contributed by atoms with Gasteiger partial charge in [0.1, 0.15) is 17.4 Å². The fourth-order valence-corrected chi connectivity index (χ4v) is 6.48. The second-order valence-corrected chi connectivity index (χ2v) is 10.1. The first-order valence-electron chi connectivity index (χ1n) is 9.51. The van der Waals surface area contributed by atoms with E-state index in [0.29, 0.717) is 11.1 Å². The molecule has 2 atom stereocenters. The normalized spacial score (nSPS) is 22.8. The number of hydrogen-bond acceptors (Lipinski definition) is 11. The summed E-state index contributed by atoms with van der Waals surface area (Å²) in [5, 5.41) is 10.1.